The SMILES string of the molecule is c1ccc2[nH]ccc2c1.c1ccc2c(c1)CCCC2. The topological polar surface area (TPSA) is 15.8 Å². The number of nitrogens with one attached hydrogen (secondary N) is 1. The second kappa shape index (κ2) is 5.75. The first-order valence-corrected chi connectivity index (χ1v) is 7.02. The zero-order valence-electron chi connectivity index (χ0n) is 11.1. The Morgan fingerprint density at radius 3 is 2.00 bits per heavy atom. The van der Waals surface area contributed by atoms with Gasteiger partial charge in [0.1, 0.15) is 0 Å². The molecule has 1 nitrogen and oxygen atoms in total. The highest BCUT2D eigenvalue weighted by atomic mass is 14.7. The molecule has 19 heavy (non-hydrogen) atoms. The molecule has 4 rings (SSSR count). The van der Waals surface area contributed by atoms with Gasteiger partial charge in [0.25, 0.3) is 0 Å². The molecule has 1 aliphatic rings. The van der Waals surface area contributed by atoms with E-state index < -0.39 is 0 Å². The van der Waals surface area contributed by atoms with E-state index in [2.05, 4.69) is 47.4 Å². The number of para-hydroxylation sites is 1. The number of aromatic amines is 1. The van der Waals surface area contributed by atoms with Gasteiger partial charge < -0.3 is 4.98 Å². The Bertz CT molecular complexity index is 596. The van der Waals surface area contributed by atoms with Crippen LogP contribution in [0.15, 0.2) is 60.8 Å². The molecule has 0 saturated heterocycles. The third-order valence-corrected chi connectivity index (χ3v) is 3.72. The molecule has 0 radical (unpaired) electrons. The Morgan fingerprint density at radius 2 is 1.32 bits per heavy atom. The van der Waals surface area contributed by atoms with Crippen molar-refractivity contribution in [1.82, 2.24) is 4.98 Å². The van der Waals surface area contributed by atoms with Gasteiger partial charge in [0, 0.05) is 11.7 Å². The van der Waals surface area contributed by atoms with Crippen LogP contribution in [0.2, 0.25) is 0 Å². The first-order valence-electron chi connectivity index (χ1n) is 7.02. The minimum absolute atomic E-state index is 1.21. The van der Waals surface area contributed by atoms with Crippen molar-refractivity contribution in [3.8, 4) is 0 Å². The van der Waals surface area contributed by atoms with Gasteiger partial charge >= 0.3 is 0 Å². The van der Waals surface area contributed by atoms with E-state index in [1.54, 1.807) is 11.1 Å². The van der Waals surface area contributed by atoms with Crippen molar-refractivity contribution in [3.05, 3.63) is 71.9 Å². The summed E-state index contributed by atoms with van der Waals surface area (Å²) in [5.41, 5.74) is 4.36. The molecule has 3 aromatic rings. The van der Waals surface area contributed by atoms with E-state index in [1.165, 1.54) is 36.6 Å². The molecular formula is C18H19N. The molecule has 0 unspecified atom stereocenters. The van der Waals surface area contributed by atoms with Crippen molar-refractivity contribution < 1.29 is 0 Å². The fourth-order valence-corrected chi connectivity index (χ4v) is 2.67. The number of aromatic nitrogens is 1. The van der Waals surface area contributed by atoms with Crippen molar-refractivity contribution in [2.75, 3.05) is 0 Å². The van der Waals surface area contributed by atoms with E-state index in [-0.39, 0.29) is 0 Å². The van der Waals surface area contributed by atoms with Crippen LogP contribution in [-0.4, -0.2) is 4.98 Å². The molecule has 0 bridgehead atoms. The fraction of sp³-hybridized carbons (Fsp3) is 0.222. The molecule has 2 aromatic carbocycles. The predicted octanol–water partition coefficient (Wildman–Crippen LogP) is 4.73. The fourth-order valence-electron chi connectivity index (χ4n) is 2.67. The average Bonchev–Trinajstić information content (AvgIpc) is 2.96. The largest absolute Gasteiger partial charge is 0.361 e. The van der Waals surface area contributed by atoms with Crippen LogP contribution in [0.25, 0.3) is 10.9 Å². The number of hydrogen-bond acceptors (Lipinski definition) is 0. The predicted molar refractivity (Wildman–Crippen MR) is 81.4 cm³/mol. The third-order valence-electron chi connectivity index (χ3n) is 3.72. The van der Waals surface area contributed by atoms with Gasteiger partial charge in [-0.3, -0.25) is 0 Å². The van der Waals surface area contributed by atoms with E-state index in [1.807, 2.05) is 18.3 Å². The molecule has 0 fully saturated rings. The Hall–Kier alpha value is -2.02. The zero-order chi connectivity index (χ0) is 12.9. The minimum atomic E-state index is 1.21. The normalized spacial score (nSPS) is 13.5. The van der Waals surface area contributed by atoms with Gasteiger partial charge in [-0.1, -0.05) is 42.5 Å². The van der Waals surface area contributed by atoms with Crippen LogP contribution in [0.1, 0.15) is 24.0 Å². The van der Waals surface area contributed by atoms with Crippen LogP contribution in [0.5, 0.6) is 0 Å². The van der Waals surface area contributed by atoms with Crippen molar-refractivity contribution >= 4 is 10.9 Å². The standard InChI is InChI=1S/C10H12.C8H7N/c1-2-6-10-8-4-3-7-9(10)5-1;1-2-4-8-7(3-1)5-6-9-8/h1-2,5-6H,3-4,7-8H2;1-6,9H. The van der Waals surface area contributed by atoms with Crippen LogP contribution < -0.4 is 0 Å². The smallest absolute Gasteiger partial charge is 0.0453 e. The third kappa shape index (κ3) is 2.87. The van der Waals surface area contributed by atoms with E-state index in [0.717, 1.165) is 0 Å². The Kier molecular flexibility index (Phi) is 3.64. The molecule has 1 N–H and O–H groups in total. The zero-order valence-corrected chi connectivity index (χ0v) is 11.1. The maximum atomic E-state index is 3.12. The number of H-pyrrole nitrogens is 1. The highest BCUT2D eigenvalue weighted by molar-refractivity contribution is 5.78. The molecule has 1 heterocycles. The molecule has 1 aliphatic carbocycles. The lowest BCUT2D eigenvalue weighted by molar-refractivity contribution is 0.685. The van der Waals surface area contributed by atoms with Gasteiger partial charge in [-0.25, -0.2) is 0 Å². The summed E-state index contributed by atoms with van der Waals surface area (Å²) >= 11 is 0. The first-order chi connectivity index (χ1) is 9.43. The van der Waals surface area contributed by atoms with E-state index in [0.29, 0.717) is 0 Å². The summed E-state index contributed by atoms with van der Waals surface area (Å²) in [5, 5.41) is 1.28. The van der Waals surface area contributed by atoms with Crippen LogP contribution >= 0.6 is 0 Å². The summed E-state index contributed by atoms with van der Waals surface area (Å²) in [6.45, 7) is 0. The summed E-state index contributed by atoms with van der Waals surface area (Å²) < 4.78 is 0. The average molecular weight is 249 g/mol. The number of aryl methyl sites for hydroxylation is 2. The van der Waals surface area contributed by atoms with Gasteiger partial charge in [0.15, 0.2) is 0 Å². The van der Waals surface area contributed by atoms with Gasteiger partial charge in [0.05, 0.1) is 0 Å². The lowest BCUT2D eigenvalue weighted by atomic mass is 9.92. The number of benzene rings is 2. The quantitative estimate of drug-likeness (QED) is 0.592. The second-order valence-electron chi connectivity index (χ2n) is 5.04. The summed E-state index contributed by atoms with van der Waals surface area (Å²) in [7, 11) is 0. The van der Waals surface area contributed by atoms with Crippen LogP contribution in [-0.2, 0) is 12.8 Å². The second-order valence-corrected chi connectivity index (χ2v) is 5.04. The Balaban J connectivity index is 0.000000117. The number of rotatable bonds is 0. The maximum absolute atomic E-state index is 3.12. The van der Waals surface area contributed by atoms with Crippen LogP contribution in [0.3, 0.4) is 0 Å². The van der Waals surface area contributed by atoms with Gasteiger partial charge in [-0.15, -0.1) is 0 Å². The van der Waals surface area contributed by atoms with Crippen molar-refractivity contribution in [2.45, 2.75) is 25.7 Å². The lowest BCUT2D eigenvalue weighted by Crippen LogP contribution is -2.00. The Labute approximate surface area is 114 Å². The molecule has 0 atom stereocenters. The Morgan fingerprint density at radius 1 is 0.684 bits per heavy atom. The summed E-state index contributed by atoms with van der Waals surface area (Å²) in [5.74, 6) is 0. The highest BCUT2D eigenvalue weighted by Gasteiger charge is 2.05. The van der Waals surface area contributed by atoms with Gasteiger partial charge in [0.2, 0.25) is 0 Å². The monoisotopic (exact) mass is 249 g/mol. The van der Waals surface area contributed by atoms with Gasteiger partial charge in [-0.2, -0.15) is 0 Å². The van der Waals surface area contributed by atoms with E-state index in [4.69, 9.17) is 0 Å². The summed E-state index contributed by atoms with van der Waals surface area (Å²) in [6, 6.07) is 19.1. The lowest BCUT2D eigenvalue weighted by Gasteiger charge is -2.13. The number of hydrogen-bond donors (Lipinski definition) is 1. The van der Waals surface area contributed by atoms with Crippen molar-refractivity contribution in [1.29, 1.82) is 0 Å². The molecule has 0 aliphatic heterocycles. The molecule has 1 heteroatoms. The molecular weight excluding hydrogens is 230 g/mol. The molecule has 0 amide bonds. The summed E-state index contributed by atoms with van der Waals surface area (Å²) in [6.07, 6.45) is 7.32. The number of fused-ring (bicyclic) bond motifs is 2. The van der Waals surface area contributed by atoms with Crippen molar-refractivity contribution in [3.63, 3.8) is 0 Å². The summed E-state index contributed by atoms with van der Waals surface area (Å²) in [4.78, 5) is 3.12. The molecule has 0 spiro atoms. The van der Waals surface area contributed by atoms with Gasteiger partial charge in [-0.05, 0) is 54.3 Å². The van der Waals surface area contributed by atoms with Crippen LogP contribution in [0.4, 0.5) is 0 Å². The maximum Gasteiger partial charge on any atom is 0.0453 e. The highest BCUT2D eigenvalue weighted by Crippen LogP contribution is 2.19. The molecule has 0 saturated carbocycles. The van der Waals surface area contributed by atoms with Crippen molar-refractivity contribution in [2.24, 2.45) is 0 Å². The first kappa shape index (κ1) is 12.0. The molecule has 96 valence electrons. The van der Waals surface area contributed by atoms with E-state index >= 15 is 0 Å². The van der Waals surface area contributed by atoms with Crippen LogP contribution in [0, 0.1) is 0 Å². The van der Waals surface area contributed by atoms with E-state index in [9.17, 15) is 0 Å². The molecule has 1 aromatic heterocycles. The minimum Gasteiger partial charge on any atom is -0.361 e.